The van der Waals surface area contributed by atoms with Crippen LogP contribution >= 0.6 is 0 Å². The van der Waals surface area contributed by atoms with Crippen LogP contribution in [0, 0.1) is 0 Å². The number of nitrogens with one attached hydrogen (secondary N) is 1. The van der Waals surface area contributed by atoms with E-state index >= 15 is 0 Å². The molecule has 2 aliphatic rings. The van der Waals surface area contributed by atoms with Gasteiger partial charge in [0.2, 0.25) is 0 Å². The third-order valence-electron chi connectivity index (χ3n) is 3.63. The van der Waals surface area contributed by atoms with Crippen LogP contribution in [-0.4, -0.2) is 45.3 Å². The highest BCUT2D eigenvalue weighted by Gasteiger charge is 2.31. The minimum Gasteiger partial charge on any atom is -0.357 e. The number of sulfonamides is 1. The van der Waals surface area contributed by atoms with E-state index in [4.69, 9.17) is 0 Å². The molecule has 1 N–H and O–H groups in total. The number of rotatable bonds is 2. The molecule has 0 spiro atoms. The van der Waals surface area contributed by atoms with Gasteiger partial charge in [-0.2, -0.15) is 8.42 Å². The van der Waals surface area contributed by atoms with Gasteiger partial charge in [0, 0.05) is 25.2 Å². The van der Waals surface area contributed by atoms with Crippen LogP contribution < -0.4 is 5.32 Å². The normalized spacial score (nSPS) is 24.1. The van der Waals surface area contributed by atoms with Gasteiger partial charge in [-0.3, -0.25) is 0 Å². The molecule has 0 radical (unpaired) electrons. The summed E-state index contributed by atoms with van der Waals surface area (Å²) in [5, 5.41) is 3.41. The Hall–Kier alpha value is -1.40. The van der Waals surface area contributed by atoms with Crippen molar-refractivity contribution >= 4 is 15.9 Å². The zero-order chi connectivity index (χ0) is 13.5. The van der Waals surface area contributed by atoms with Crippen LogP contribution in [-0.2, 0) is 10.0 Å². The number of fused-ring (bicyclic) bond motifs is 1. The van der Waals surface area contributed by atoms with E-state index in [1.807, 2.05) is 24.1 Å². The highest BCUT2D eigenvalue weighted by atomic mass is 32.2. The first-order chi connectivity index (χ1) is 9.08. The molecule has 2 heterocycles. The van der Waals surface area contributed by atoms with E-state index in [1.165, 1.54) is 6.42 Å². The fourth-order valence-corrected chi connectivity index (χ4v) is 3.94. The number of benzene rings is 1. The largest absolute Gasteiger partial charge is 0.357 e. The van der Waals surface area contributed by atoms with Gasteiger partial charge in [0.15, 0.2) is 5.84 Å². The molecule has 0 bridgehead atoms. The highest BCUT2D eigenvalue weighted by Crippen LogP contribution is 2.27. The van der Waals surface area contributed by atoms with E-state index in [2.05, 4.69) is 9.71 Å². The average Bonchev–Trinajstić information content (AvgIpc) is 2.97. The average molecular weight is 279 g/mol. The van der Waals surface area contributed by atoms with Gasteiger partial charge in [0.05, 0.1) is 0 Å². The summed E-state index contributed by atoms with van der Waals surface area (Å²) in [4.78, 5) is 2.25. The maximum absolute atomic E-state index is 12.0. The quantitative estimate of drug-likeness (QED) is 0.870. The van der Waals surface area contributed by atoms with Crippen molar-refractivity contribution in [2.45, 2.75) is 23.8 Å². The third kappa shape index (κ3) is 2.26. The molecule has 3 rings (SSSR count). The second kappa shape index (κ2) is 4.61. The van der Waals surface area contributed by atoms with Crippen molar-refractivity contribution in [3.05, 3.63) is 29.8 Å². The van der Waals surface area contributed by atoms with Crippen molar-refractivity contribution in [2.75, 3.05) is 20.1 Å². The first-order valence-corrected chi connectivity index (χ1v) is 7.91. The first kappa shape index (κ1) is 12.6. The number of likely N-dealkylation sites (N-methyl/N-ethyl adjacent to an activating group) is 1. The van der Waals surface area contributed by atoms with Crippen molar-refractivity contribution in [1.82, 2.24) is 10.2 Å². The van der Waals surface area contributed by atoms with E-state index in [1.54, 1.807) is 12.1 Å². The predicted molar refractivity (Wildman–Crippen MR) is 73.8 cm³/mol. The fourth-order valence-electron chi connectivity index (χ4n) is 2.69. The Bertz CT molecular complexity index is 619. The maximum atomic E-state index is 12.0. The Morgan fingerprint density at radius 1 is 1.42 bits per heavy atom. The fraction of sp³-hybridized carbons (Fsp3) is 0.462. The number of amidine groups is 1. The van der Waals surface area contributed by atoms with E-state index in [9.17, 15) is 8.42 Å². The molecule has 1 aromatic rings. The lowest BCUT2D eigenvalue weighted by atomic mass is 10.1. The molecule has 2 aliphatic heterocycles. The summed E-state index contributed by atoms with van der Waals surface area (Å²) in [5.74, 6) is 0.560. The second-order valence-corrected chi connectivity index (χ2v) is 6.63. The van der Waals surface area contributed by atoms with E-state index in [0.717, 1.165) is 19.5 Å². The van der Waals surface area contributed by atoms with Crippen LogP contribution in [0.4, 0.5) is 0 Å². The number of hydrogen-bond donors (Lipinski definition) is 1. The second-order valence-electron chi connectivity index (χ2n) is 5.06. The summed E-state index contributed by atoms with van der Waals surface area (Å²) in [6, 6.07) is 7.42. The zero-order valence-electron chi connectivity index (χ0n) is 10.8. The van der Waals surface area contributed by atoms with Crippen molar-refractivity contribution < 1.29 is 8.42 Å². The summed E-state index contributed by atoms with van der Waals surface area (Å²) in [6.07, 6.45) is 2.31. The van der Waals surface area contributed by atoms with Crippen molar-refractivity contribution in [3.63, 3.8) is 0 Å². The van der Waals surface area contributed by atoms with Gasteiger partial charge >= 0.3 is 0 Å². The lowest BCUT2D eigenvalue weighted by molar-refractivity contribution is 0.426. The molecular formula is C13H17N3O2S. The van der Waals surface area contributed by atoms with E-state index < -0.39 is 10.0 Å². The van der Waals surface area contributed by atoms with Crippen molar-refractivity contribution in [3.8, 4) is 0 Å². The summed E-state index contributed by atoms with van der Waals surface area (Å²) < 4.78 is 27.9. The summed E-state index contributed by atoms with van der Waals surface area (Å²) in [5.41, 5.74) is 0.711. The highest BCUT2D eigenvalue weighted by molar-refractivity contribution is 7.90. The van der Waals surface area contributed by atoms with Gasteiger partial charge < -0.3 is 10.2 Å². The Labute approximate surface area is 113 Å². The summed E-state index contributed by atoms with van der Waals surface area (Å²) in [7, 11) is -1.61. The summed E-state index contributed by atoms with van der Waals surface area (Å²) in [6.45, 7) is 1.82. The molecule has 1 aromatic carbocycles. The Kier molecular flexibility index (Phi) is 3.06. The van der Waals surface area contributed by atoms with E-state index in [-0.39, 0.29) is 0 Å². The molecule has 19 heavy (non-hydrogen) atoms. The van der Waals surface area contributed by atoms with Gasteiger partial charge in [0.1, 0.15) is 4.90 Å². The minimum atomic E-state index is -3.51. The number of hydrogen-bond acceptors (Lipinski definition) is 4. The van der Waals surface area contributed by atoms with Crippen LogP contribution in [0.1, 0.15) is 18.4 Å². The Balaban J connectivity index is 1.89. The van der Waals surface area contributed by atoms with Gasteiger partial charge in [-0.1, -0.05) is 12.1 Å². The van der Waals surface area contributed by atoms with E-state index in [0.29, 0.717) is 22.3 Å². The van der Waals surface area contributed by atoms with Crippen LogP contribution in [0.15, 0.2) is 33.6 Å². The van der Waals surface area contributed by atoms with Crippen LogP contribution in [0.25, 0.3) is 0 Å². The first-order valence-electron chi connectivity index (χ1n) is 6.47. The van der Waals surface area contributed by atoms with Crippen LogP contribution in [0.5, 0.6) is 0 Å². The van der Waals surface area contributed by atoms with Gasteiger partial charge in [-0.25, -0.2) is 0 Å². The molecule has 1 atom stereocenters. The molecule has 6 heteroatoms. The standard InChI is InChI=1S/C13H17N3O2S/c1-16(9-10-5-4-8-14-10)13-11-6-2-3-7-12(11)19(17,18)15-13/h2-3,6-7,10,14H,4-5,8-9H2,1H3/t10-/m1/s1. The topological polar surface area (TPSA) is 61.8 Å². The molecule has 0 aliphatic carbocycles. The van der Waals surface area contributed by atoms with Crippen LogP contribution in [0.3, 0.4) is 0 Å². The number of nitrogens with zero attached hydrogens (tertiary/aromatic N) is 2. The molecule has 1 saturated heterocycles. The molecule has 0 saturated carbocycles. The van der Waals surface area contributed by atoms with Crippen molar-refractivity contribution in [1.29, 1.82) is 0 Å². The molecule has 5 nitrogen and oxygen atoms in total. The molecule has 1 fully saturated rings. The minimum absolute atomic E-state index is 0.316. The van der Waals surface area contributed by atoms with Crippen molar-refractivity contribution in [2.24, 2.45) is 4.40 Å². The van der Waals surface area contributed by atoms with Gasteiger partial charge in [-0.15, -0.1) is 4.40 Å². The molecule has 0 amide bonds. The zero-order valence-corrected chi connectivity index (χ0v) is 11.7. The Morgan fingerprint density at radius 3 is 2.95 bits per heavy atom. The molecule has 102 valence electrons. The predicted octanol–water partition coefficient (Wildman–Crippen LogP) is 0.819. The molecule has 0 unspecified atom stereocenters. The monoisotopic (exact) mass is 279 g/mol. The smallest absolute Gasteiger partial charge is 0.285 e. The molecular weight excluding hydrogens is 262 g/mol. The van der Waals surface area contributed by atoms with Gasteiger partial charge in [0.25, 0.3) is 10.0 Å². The SMILES string of the molecule is CN(C[C@H]1CCCN1)C1=NS(=O)(=O)c2ccccc21. The van der Waals surface area contributed by atoms with Gasteiger partial charge in [-0.05, 0) is 31.5 Å². The summed E-state index contributed by atoms with van der Waals surface area (Å²) >= 11 is 0. The third-order valence-corrected chi connectivity index (χ3v) is 4.96. The molecule has 0 aromatic heterocycles. The maximum Gasteiger partial charge on any atom is 0.285 e. The lowest BCUT2D eigenvalue weighted by Gasteiger charge is -2.22. The Morgan fingerprint density at radius 2 is 2.21 bits per heavy atom. The van der Waals surface area contributed by atoms with Crippen LogP contribution in [0.2, 0.25) is 0 Å². The lowest BCUT2D eigenvalue weighted by Crippen LogP contribution is -2.38.